The lowest BCUT2D eigenvalue weighted by molar-refractivity contribution is -0.137. The van der Waals surface area contributed by atoms with Gasteiger partial charge in [0.05, 0.1) is 24.4 Å². The monoisotopic (exact) mass is 480 g/mol. The number of halogens is 1. The molecule has 0 aromatic rings. The molecular formula is C20H33IO5. The van der Waals surface area contributed by atoms with Crippen molar-refractivity contribution in [3.8, 4) is 0 Å². The van der Waals surface area contributed by atoms with Gasteiger partial charge in [-0.2, -0.15) is 0 Å². The van der Waals surface area contributed by atoms with Crippen molar-refractivity contribution in [3.05, 3.63) is 12.2 Å². The highest BCUT2D eigenvalue weighted by Gasteiger charge is 2.49. The van der Waals surface area contributed by atoms with Crippen molar-refractivity contribution in [2.24, 2.45) is 11.8 Å². The van der Waals surface area contributed by atoms with E-state index in [4.69, 9.17) is 9.84 Å². The lowest BCUT2D eigenvalue weighted by Crippen LogP contribution is -2.24. The Morgan fingerprint density at radius 1 is 1.27 bits per heavy atom. The van der Waals surface area contributed by atoms with Crippen LogP contribution in [0.1, 0.15) is 64.7 Å². The van der Waals surface area contributed by atoms with Crippen LogP contribution in [0.15, 0.2) is 12.2 Å². The van der Waals surface area contributed by atoms with E-state index in [0.29, 0.717) is 22.7 Å². The van der Waals surface area contributed by atoms with Gasteiger partial charge in [-0.05, 0) is 31.6 Å². The van der Waals surface area contributed by atoms with Crippen LogP contribution in [0.25, 0.3) is 0 Å². The lowest BCUT2D eigenvalue weighted by atomic mass is 9.89. The van der Waals surface area contributed by atoms with Gasteiger partial charge in [-0.3, -0.25) is 4.79 Å². The van der Waals surface area contributed by atoms with E-state index >= 15 is 0 Å². The van der Waals surface area contributed by atoms with E-state index in [1.54, 1.807) is 0 Å². The van der Waals surface area contributed by atoms with Crippen LogP contribution >= 0.6 is 22.6 Å². The van der Waals surface area contributed by atoms with Gasteiger partial charge in [-0.15, -0.1) is 0 Å². The number of unbranched alkanes of at least 4 members (excludes halogenated alkanes) is 2. The number of hydrogen-bond donors (Lipinski definition) is 3. The molecular weight excluding hydrogens is 447 g/mol. The van der Waals surface area contributed by atoms with E-state index in [1.807, 2.05) is 12.2 Å². The number of carboxylic acids is 1. The van der Waals surface area contributed by atoms with Crippen molar-refractivity contribution >= 4 is 28.6 Å². The Morgan fingerprint density at radius 3 is 2.73 bits per heavy atom. The number of carboxylic acid groups (broad SMARTS) is 1. The van der Waals surface area contributed by atoms with E-state index in [-0.39, 0.29) is 24.5 Å². The second kappa shape index (κ2) is 11.0. The predicted octanol–water partition coefficient (Wildman–Crippen LogP) is 3.70. The first kappa shape index (κ1) is 22.1. The first-order chi connectivity index (χ1) is 12.4. The van der Waals surface area contributed by atoms with Crippen LogP contribution in [-0.2, 0) is 9.53 Å². The van der Waals surface area contributed by atoms with Crippen LogP contribution in [0.5, 0.6) is 0 Å². The minimum Gasteiger partial charge on any atom is -0.481 e. The molecule has 0 spiro atoms. The van der Waals surface area contributed by atoms with Crippen molar-refractivity contribution in [1.82, 2.24) is 0 Å². The summed E-state index contributed by atoms with van der Waals surface area (Å²) in [5.41, 5.74) is 0. The van der Waals surface area contributed by atoms with E-state index in [0.717, 1.165) is 38.5 Å². The standard InChI is InChI=1S/C20H33IO5/c1-2-3-4-6-13(22)9-10-14-15-11-19(26-18(15)12-17(14)23)16(21)7-5-8-20(24)25/h9-10,13-19,22-23H,2-8,11-12H2,1H3,(H,24,25)/b10-9+/t13-,14+,15?,16?,17+,18?,19-/m0/s1. The maximum atomic E-state index is 10.7. The van der Waals surface area contributed by atoms with E-state index in [9.17, 15) is 15.0 Å². The second-order valence-electron chi connectivity index (χ2n) is 7.74. The minimum atomic E-state index is -0.747. The summed E-state index contributed by atoms with van der Waals surface area (Å²) in [7, 11) is 0. The maximum Gasteiger partial charge on any atom is 0.303 e. The third-order valence-electron chi connectivity index (χ3n) is 5.68. The summed E-state index contributed by atoms with van der Waals surface area (Å²) in [6, 6.07) is 0. The fourth-order valence-corrected chi connectivity index (χ4v) is 5.11. The summed E-state index contributed by atoms with van der Waals surface area (Å²) < 4.78 is 6.48. The summed E-state index contributed by atoms with van der Waals surface area (Å²) >= 11 is 2.38. The fourth-order valence-electron chi connectivity index (χ4n) is 4.21. The van der Waals surface area contributed by atoms with Crippen molar-refractivity contribution in [2.75, 3.05) is 0 Å². The van der Waals surface area contributed by atoms with Gasteiger partial charge in [0, 0.05) is 22.7 Å². The molecule has 26 heavy (non-hydrogen) atoms. The van der Waals surface area contributed by atoms with Gasteiger partial charge in [-0.25, -0.2) is 0 Å². The number of fused-ring (bicyclic) bond motifs is 1. The number of ether oxygens (including phenoxy) is 1. The summed E-state index contributed by atoms with van der Waals surface area (Å²) in [5.74, 6) is -0.400. The second-order valence-corrected chi connectivity index (χ2v) is 9.34. The predicted molar refractivity (Wildman–Crippen MR) is 109 cm³/mol. The molecule has 1 saturated carbocycles. The molecule has 0 aromatic heterocycles. The number of alkyl halides is 1. The summed E-state index contributed by atoms with van der Waals surface area (Å²) in [4.78, 5) is 10.7. The highest BCUT2D eigenvalue weighted by Crippen LogP contribution is 2.46. The Hall–Kier alpha value is -0.180. The molecule has 1 aliphatic carbocycles. The Morgan fingerprint density at radius 2 is 2.04 bits per heavy atom. The first-order valence-electron chi connectivity index (χ1n) is 9.98. The third kappa shape index (κ3) is 6.46. The number of aliphatic hydroxyl groups is 2. The number of aliphatic hydroxyl groups excluding tert-OH is 2. The maximum absolute atomic E-state index is 10.7. The zero-order valence-corrected chi connectivity index (χ0v) is 17.8. The van der Waals surface area contributed by atoms with Crippen LogP contribution in [0.4, 0.5) is 0 Å². The highest BCUT2D eigenvalue weighted by molar-refractivity contribution is 14.1. The molecule has 3 N–H and O–H groups in total. The molecule has 5 nitrogen and oxygen atoms in total. The third-order valence-corrected chi connectivity index (χ3v) is 7.10. The SMILES string of the molecule is CCCCC[C@H](O)/C=C/[C@@H]1C2C[C@@H](C(I)CCCC(=O)O)OC2C[C@H]1O. The van der Waals surface area contributed by atoms with Crippen LogP contribution in [0, 0.1) is 11.8 Å². The molecule has 3 unspecified atom stereocenters. The molecule has 150 valence electrons. The number of carbonyl (C=O) groups is 1. The molecule has 7 atom stereocenters. The zero-order valence-electron chi connectivity index (χ0n) is 15.6. The summed E-state index contributed by atoms with van der Waals surface area (Å²) in [6.07, 6.45) is 10.6. The fraction of sp³-hybridized carbons (Fsp3) is 0.850. The van der Waals surface area contributed by atoms with Crippen molar-refractivity contribution in [1.29, 1.82) is 0 Å². The quantitative estimate of drug-likeness (QED) is 0.182. The molecule has 2 aliphatic rings. The largest absolute Gasteiger partial charge is 0.481 e. The molecule has 2 rings (SSSR count). The Labute approximate surface area is 170 Å². The Kier molecular flexibility index (Phi) is 9.33. The van der Waals surface area contributed by atoms with Crippen LogP contribution in [0.2, 0.25) is 0 Å². The lowest BCUT2D eigenvalue weighted by Gasteiger charge is -2.21. The molecule has 2 fully saturated rings. The molecule has 1 saturated heterocycles. The van der Waals surface area contributed by atoms with Gasteiger partial charge in [0.1, 0.15) is 0 Å². The normalized spacial score (nSPS) is 33.5. The summed E-state index contributed by atoms with van der Waals surface area (Å²) in [6.45, 7) is 2.15. The van der Waals surface area contributed by atoms with Crippen LogP contribution in [-0.4, -0.2) is 49.6 Å². The Balaban J connectivity index is 1.82. The molecule has 6 heteroatoms. The van der Waals surface area contributed by atoms with Gasteiger partial charge in [0.2, 0.25) is 0 Å². The summed E-state index contributed by atoms with van der Waals surface area (Å²) in [5, 5.41) is 29.2. The zero-order chi connectivity index (χ0) is 19.1. The van der Waals surface area contributed by atoms with Gasteiger partial charge in [0.25, 0.3) is 0 Å². The highest BCUT2D eigenvalue weighted by atomic mass is 127. The number of aliphatic carboxylic acids is 1. The molecule has 1 aliphatic heterocycles. The molecule has 0 amide bonds. The van der Waals surface area contributed by atoms with Gasteiger partial charge in [0.15, 0.2) is 0 Å². The molecule has 0 aromatic carbocycles. The van der Waals surface area contributed by atoms with Crippen LogP contribution in [0.3, 0.4) is 0 Å². The molecule has 1 heterocycles. The van der Waals surface area contributed by atoms with Gasteiger partial charge in [-0.1, -0.05) is 60.9 Å². The molecule has 0 radical (unpaired) electrons. The van der Waals surface area contributed by atoms with Crippen molar-refractivity contribution in [3.63, 3.8) is 0 Å². The van der Waals surface area contributed by atoms with E-state index < -0.39 is 18.2 Å². The molecule has 0 bridgehead atoms. The first-order valence-corrected chi connectivity index (χ1v) is 11.2. The van der Waals surface area contributed by atoms with Gasteiger partial charge >= 0.3 is 5.97 Å². The van der Waals surface area contributed by atoms with Crippen molar-refractivity contribution < 1.29 is 24.9 Å². The van der Waals surface area contributed by atoms with E-state index in [2.05, 4.69) is 29.5 Å². The van der Waals surface area contributed by atoms with Gasteiger partial charge < -0.3 is 20.1 Å². The average Bonchev–Trinajstić information content (AvgIpc) is 3.10. The van der Waals surface area contributed by atoms with E-state index in [1.165, 1.54) is 0 Å². The Bertz CT molecular complexity index is 469. The minimum absolute atomic E-state index is 0.0495. The number of rotatable bonds is 11. The number of hydrogen-bond acceptors (Lipinski definition) is 4. The topological polar surface area (TPSA) is 87.0 Å². The average molecular weight is 480 g/mol. The smallest absolute Gasteiger partial charge is 0.303 e. The van der Waals surface area contributed by atoms with Crippen LogP contribution < -0.4 is 0 Å². The van der Waals surface area contributed by atoms with Crippen molar-refractivity contribution in [2.45, 2.75) is 93.1 Å².